The van der Waals surface area contributed by atoms with Crippen LogP contribution in [0, 0.1) is 0 Å². The van der Waals surface area contributed by atoms with Crippen molar-refractivity contribution in [3.05, 3.63) is 59.7 Å². The van der Waals surface area contributed by atoms with E-state index >= 15 is 0 Å². The minimum Gasteiger partial charge on any atom is -0.379 e. The van der Waals surface area contributed by atoms with Gasteiger partial charge in [0.25, 0.3) is 5.91 Å². The Balaban J connectivity index is 1.49. The fourth-order valence-corrected chi connectivity index (χ4v) is 5.46. The number of carbonyl (C=O) groups excluding carboxylic acids is 1. The Kier molecular flexibility index (Phi) is 3.76. The van der Waals surface area contributed by atoms with Gasteiger partial charge in [-0.1, -0.05) is 37.3 Å². The second kappa shape index (κ2) is 6.06. The van der Waals surface area contributed by atoms with Crippen LogP contribution in [-0.4, -0.2) is 34.0 Å². The van der Waals surface area contributed by atoms with E-state index in [1.165, 1.54) is 16.8 Å². The molecule has 2 saturated heterocycles. The maximum atomic E-state index is 13.3. The number of anilines is 2. The molecule has 0 bridgehead atoms. The Hall–Kier alpha value is -2.40. The third-order valence-corrected chi connectivity index (χ3v) is 6.80. The first kappa shape index (κ1) is 16.8. The lowest BCUT2D eigenvalue weighted by atomic mass is 9.81. The van der Waals surface area contributed by atoms with Gasteiger partial charge >= 0.3 is 0 Å². The number of nitrogens with one attached hydrogen (secondary N) is 1. The van der Waals surface area contributed by atoms with Crippen LogP contribution in [-0.2, 0) is 11.2 Å². The average molecular weight is 378 g/mol. The molecule has 2 aromatic rings. The summed E-state index contributed by atoms with van der Waals surface area (Å²) in [6, 6.07) is 16.9. The van der Waals surface area contributed by atoms with Crippen LogP contribution in [0.2, 0.25) is 0 Å². The van der Waals surface area contributed by atoms with E-state index in [2.05, 4.69) is 60.5 Å². The molecule has 1 amide bonds. The molecular formula is C22H23N3OS. The van der Waals surface area contributed by atoms with Crippen LogP contribution in [0.5, 0.6) is 0 Å². The van der Waals surface area contributed by atoms with Gasteiger partial charge in [0.15, 0.2) is 5.11 Å². The van der Waals surface area contributed by atoms with Gasteiger partial charge in [-0.05, 0) is 61.3 Å². The summed E-state index contributed by atoms with van der Waals surface area (Å²) in [5.74, 6) is 0.463. The highest BCUT2D eigenvalue weighted by atomic mass is 32.1. The largest absolute Gasteiger partial charge is 0.379 e. The number of benzene rings is 2. The zero-order chi connectivity index (χ0) is 18.7. The predicted molar refractivity (Wildman–Crippen MR) is 112 cm³/mol. The fourth-order valence-electron chi connectivity index (χ4n) is 4.97. The number of aryl methyl sites for hydroxylation is 1. The maximum absolute atomic E-state index is 13.3. The number of amides is 1. The highest BCUT2D eigenvalue weighted by Crippen LogP contribution is 2.47. The number of hydrogen-bond donors (Lipinski definition) is 1. The van der Waals surface area contributed by atoms with E-state index in [4.69, 9.17) is 12.2 Å². The maximum Gasteiger partial charge on any atom is 0.256 e. The Morgan fingerprint density at radius 3 is 2.63 bits per heavy atom. The topological polar surface area (TPSA) is 35.6 Å². The van der Waals surface area contributed by atoms with Gasteiger partial charge < -0.3 is 10.2 Å². The molecule has 0 spiro atoms. The number of rotatable bonds is 2. The molecule has 0 radical (unpaired) electrons. The molecule has 2 fully saturated rings. The van der Waals surface area contributed by atoms with E-state index in [-0.39, 0.29) is 24.0 Å². The van der Waals surface area contributed by atoms with Crippen LogP contribution in [0.15, 0.2) is 48.5 Å². The molecule has 5 heteroatoms. The van der Waals surface area contributed by atoms with Gasteiger partial charge in [0.1, 0.15) is 6.04 Å². The molecular weight excluding hydrogens is 354 g/mol. The van der Waals surface area contributed by atoms with E-state index in [0.29, 0.717) is 11.0 Å². The minimum atomic E-state index is -0.174. The molecule has 0 aliphatic carbocycles. The Labute approximate surface area is 165 Å². The summed E-state index contributed by atoms with van der Waals surface area (Å²) in [6.45, 7) is 4.32. The Morgan fingerprint density at radius 1 is 1.15 bits per heavy atom. The normalized spacial score (nSPS) is 28.7. The van der Waals surface area contributed by atoms with Gasteiger partial charge in [-0.15, -0.1) is 0 Å². The third-order valence-electron chi connectivity index (χ3n) is 6.41. The number of fused-ring (bicyclic) bond motifs is 4. The lowest BCUT2D eigenvalue weighted by Gasteiger charge is -2.42. The number of hydrogen-bond acceptors (Lipinski definition) is 3. The van der Waals surface area contributed by atoms with Gasteiger partial charge in [0.05, 0.1) is 11.7 Å². The van der Waals surface area contributed by atoms with Crippen LogP contribution in [0.4, 0.5) is 11.4 Å². The highest BCUT2D eigenvalue weighted by Gasteiger charge is 2.54. The molecule has 2 aromatic carbocycles. The number of thiocarbonyl (C=S) groups is 1. The summed E-state index contributed by atoms with van der Waals surface area (Å²) in [4.78, 5) is 17.2. The summed E-state index contributed by atoms with van der Waals surface area (Å²) in [6.07, 6.45) is 1.79. The van der Waals surface area contributed by atoms with Gasteiger partial charge in [-0.3, -0.25) is 9.69 Å². The summed E-state index contributed by atoms with van der Waals surface area (Å²) in [5.41, 5.74) is 4.67. The first-order chi connectivity index (χ1) is 13.1. The zero-order valence-corrected chi connectivity index (χ0v) is 16.4. The van der Waals surface area contributed by atoms with Gasteiger partial charge in [0, 0.05) is 17.6 Å². The molecule has 0 unspecified atom stereocenters. The smallest absolute Gasteiger partial charge is 0.256 e. The molecule has 0 aromatic heterocycles. The molecule has 27 heavy (non-hydrogen) atoms. The molecule has 1 N–H and O–H groups in total. The SMILES string of the molecule is CCc1ccc(N2C(=O)[C@@H]3C[C@@H]4c5ccccc5N[C@@H]4[C@H](C)N3C2=S)cc1. The molecule has 5 rings (SSSR count). The quantitative estimate of drug-likeness (QED) is 0.805. The van der Waals surface area contributed by atoms with E-state index in [9.17, 15) is 4.79 Å². The highest BCUT2D eigenvalue weighted by molar-refractivity contribution is 7.80. The number of para-hydroxylation sites is 1. The van der Waals surface area contributed by atoms with Crippen molar-refractivity contribution in [1.82, 2.24) is 4.90 Å². The summed E-state index contributed by atoms with van der Waals surface area (Å²) >= 11 is 5.79. The first-order valence-electron chi connectivity index (χ1n) is 9.70. The van der Waals surface area contributed by atoms with Gasteiger partial charge in [-0.25, -0.2) is 0 Å². The number of nitrogens with zero attached hydrogens (tertiary/aromatic N) is 2. The number of carbonyl (C=O) groups is 1. The van der Waals surface area contributed by atoms with E-state index in [1.54, 1.807) is 4.90 Å². The molecule has 3 aliphatic heterocycles. The van der Waals surface area contributed by atoms with Crippen molar-refractivity contribution in [1.29, 1.82) is 0 Å². The lowest BCUT2D eigenvalue weighted by Crippen LogP contribution is -2.55. The van der Waals surface area contributed by atoms with E-state index in [0.717, 1.165) is 18.5 Å². The van der Waals surface area contributed by atoms with Crippen LogP contribution in [0.25, 0.3) is 0 Å². The van der Waals surface area contributed by atoms with Crippen LogP contribution in [0.1, 0.15) is 37.3 Å². The van der Waals surface area contributed by atoms with E-state index in [1.807, 2.05) is 12.1 Å². The van der Waals surface area contributed by atoms with Crippen molar-refractivity contribution in [2.24, 2.45) is 0 Å². The summed E-state index contributed by atoms with van der Waals surface area (Å²) < 4.78 is 0. The Bertz CT molecular complexity index is 925. The molecule has 3 aliphatic rings. The fraction of sp³-hybridized carbons (Fsp3) is 0.364. The minimum absolute atomic E-state index is 0.110. The first-order valence-corrected chi connectivity index (χ1v) is 10.1. The van der Waals surface area contributed by atoms with Crippen molar-refractivity contribution in [3.63, 3.8) is 0 Å². The molecule has 3 heterocycles. The molecule has 0 saturated carbocycles. The van der Waals surface area contributed by atoms with Crippen LogP contribution in [0.3, 0.4) is 0 Å². The van der Waals surface area contributed by atoms with Gasteiger partial charge in [-0.2, -0.15) is 0 Å². The monoisotopic (exact) mass is 377 g/mol. The zero-order valence-electron chi connectivity index (χ0n) is 15.6. The third kappa shape index (κ3) is 2.34. The van der Waals surface area contributed by atoms with Crippen molar-refractivity contribution in [2.45, 2.75) is 50.7 Å². The molecule has 4 nitrogen and oxygen atoms in total. The molecule has 138 valence electrons. The van der Waals surface area contributed by atoms with Crippen molar-refractivity contribution >= 4 is 34.6 Å². The Morgan fingerprint density at radius 2 is 1.89 bits per heavy atom. The number of piperidine rings is 1. The lowest BCUT2D eigenvalue weighted by molar-refractivity contribution is -0.121. The van der Waals surface area contributed by atoms with Crippen LogP contribution >= 0.6 is 12.2 Å². The predicted octanol–water partition coefficient (Wildman–Crippen LogP) is 3.92. The summed E-state index contributed by atoms with van der Waals surface area (Å²) in [5, 5.41) is 4.31. The van der Waals surface area contributed by atoms with Crippen LogP contribution < -0.4 is 10.2 Å². The van der Waals surface area contributed by atoms with Crippen molar-refractivity contribution in [2.75, 3.05) is 10.2 Å². The molecule has 4 atom stereocenters. The standard InChI is InChI=1S/C22H23N3OS/c1-3-14-8-10-15(11-9-14)25-21(26)19-12-17-16-6-4-5-7-18(16)23-20(17)13(2)24(19)22(25)27/h4-11,13,17,19-20,23H,3,12H2,1-2H3/t13-,17+,19-,20+/m0/s1. The van der Waals surface area contributed by atoms with E-state index < -0.39 is 0 Å². The van der Waals surface area contributed by atoms with Crippen molar-refractivity contribution in [3.8, 4) is 0 Å². The average Bonchev–Trinajstić information content (AvgIpc) is 3.18. The second-order valence-corrected chi connectivity index (χ2v) is 8.10. The van der Waals surface area contributed by atoms with Gasteiger partial charge in [0.2, 0.25) is 0 Å². The van der Waals surface area contributed by atoms with Crippen molar-refractivity contribution < 1.29 is 4.79 Å². The summed E-state index contributed by atoms with van der Waals surface area (Å²) in [7, 11) is 0. The second-order valence-electron chi connectivity index (χ2n) is 7.74.